The van der Waals surface area contributed by atoms with E-state index in [-0.39, 0.29) is 5.91 Å². The van der Waals surface area contributed by atoms with Crippen molar-refractivity contribution in [2.75, 3.05) is 19.8 Å². The number of hydrogen-bond donors (Lipinski definition) is 2. The van der Waals surface area contributed by atoms with Crippen LogP contribution in [0.5, 0.6) is 0 Å². The van der Waals surface area contributed by atoms with Gasteiger partial charge in [-0.15, -0.1) is 0 Å². The molecule has 1 aliphatic heterocycles. The van der Waals surface area contributed by atoms with Gasteiger partial charge < -0.3 is 19.7 Å². The summed E-state index contributed by atoms with van der Waals surface area (Å²) in [7, 11) is 1.84. The molecule has 1 unspecified atom stereocenters. The molecule has 1 fully saturated rings. The van der Waals surface area contributed by atoms with Crippen LogP contribution in [0, 0.1) is 5.41 Å². The van der Waals surface area contributed by atoms with Crippen molar-refractivity contribution in [1.29, 1.82) is 0 Å². The van der Waals surface area contributed by atoms with Gasteiger partial charge in [0.05, 0.1) is 12.2 Å². The Morgan fingerprint density at radius 1 is 1.60 bits per heavy atom. The summed E-state index contributed by atoms with van der Waals surface area (Å²) in [5, 5.41) is 13.6. The summed E-state index contributed by atoms with van der Waals surface area (Å²) in [6.07, 6.45) is 3.40. The molecule has 0 aromatic carbocycles. The third-order valence-electron chi connectivity index (χ3n) is 4.35. The van der Waals surface area contributed by atoms with Gasteiger partial charge in [-0.1, -0.05) is 13.8 Å². The molecule has 1 amide bonds. The highest BCUT2D eigenvalue weighted by molar-refractivity contribution is 5.92. The maximum Gasteiger partial charge on any atom is 0.267 e. The average molecular weight is 280 g/mol. The molecule has 0 aliphatic carbocycles. The van der Waals surface area contributed by atoms with Crippen molar-refractivity contribution in [2.24, 2.45) is 12.5 Å². The molecule has 1 atom stereocenters. The molecular weight excluding hydrogens is 256 g/mol. The van der Waals surface area contributed by atoms with Crippen LogP contribution in [-0.2, 0) is 11.8 Å². The summed E-state index contributed by atoms with van der Waals surface area (Å²) in [6.45, 7) is 5.38. The van der Waals surface area contributed by atoms with E-state index in [2.05, 4.69) is 5.32 Å². The Balaban J connectivity index is 1.98. The molecule has 2 heterocycles. The number of aromatic nitrogens is 1. The fraction of sp³-hybridized carbons (Fsp3) is 0.667. The first kappa shape index (κ1) is 15.1. The van der Waals surface area contributed by atoms with Crippen LogP contribution in [0.3, 0.4) is 0 Å². The third kappa shape index (κ3) is 2.88. The lowest BCUT2D eigenvalue weighted by atomic mass is 9.72. The highest BCUT2D eigenvalue weighted by Crippen LogP contribution is 2.36. The molecule has 5 heteroatoms. The van der Waals surface area contributed by atoms with Crippen LogP contribution in [0.25, 0.3) is 0 Å². The SMILES string of the molecule is Cn1cccc1C(=O)NCC(C)(C)C1(O)CCCOC1. The number of amides is 1. The lowest BCUT2D eigenvalue weighted by Crippen LogP contribution is -2.55. The molecule has 5 nitrogen and oxygen atoms in total. The van der Waals surface area contributed by atoms with Gasteiger partial charge in [0, 0.05) is 31.8 Å². The molecule has 20 heavy (non-hydrogen) atoms. The minimum absolute atomic E-state index is 0.120. The van der Waals surface area contributed by atoms with Gasteiger partial charge in [0.1, 0.15) is 5.69 Å². The quantitative estimate of drug-likeness (QED) is 0.874. The molecular formula is C15H24N2O3. The van der Waals surface area contributed by atoms with Crippen LogP contribution in [0.15, 0.2) is 18.3 Å². The fourth-order valence-corrected chi connectivity index (χ4v) is 2.57. The average Bonchev–Trinajstić information content (AvgIpc) is 2.83. The summed E-state index contributed by atoms with van der Waals surface area (Å²) in [5.74, 6) is -0.120. The maximum atomic E-state index is 12.1. The van der Waals surface area contributed by atoms with Gasteiger partial charge in [0.15, 0.2) is 0 Å². The van der Waals surface area contributed by atoms with Gasteiger partial charge in [-0.25, -0.2) is 0 Å². The van der Waals surface area contributed by atoms with Crippen molar-refractivity contribution in [3.05, 3.63) is 24.0 Å². The molecule has 2 N–H and O–H groups in total. The number of aliphatic hydroxyl groups is 1. The summed E-state index contributed by atoms with van der Waals surface area (Å²) in [6, 6.07) is 3.61. The second-order valence-electron chi connectivity index (χ2n) is 6.26. The summed E-state index contributed by atoms with van der Waals surface area (Å²) in [5.41, 5.74) is -0.700. The molecule has 1 aromatic heterocycles. The van der Waals surface area contributed by atoms with E-state index in [4.69, 9.17) is 4.74 Å². The number of carbonyl (C=O) groups is 1. The van der Waals surface area contributed by atoms with E-state index < -0.39 is 11.0 Å². The van der Waals surface area contributed by atoms with Crippen molar-refractivity contribution < 1.29 is 14.6 Å². The number of hydrogen-bond acceptors (Lipinski definition) is 3. The lowest BCUT2D eigenvalue weighted by Gasteiger charge is -2.44. The van der Waals surface area contributed by atoms with Crippen LogP contribution in [0.2, 0.25) is 0 Å². The van der Waals surface area contributed by atoms with E-state index in [9.17, 15) is 9.90 Å². The number of nitrogens with zero attached hydrogens (tertiary/aromatic N) is 1. The highest BCUT2D eigenvalue weighted by atomic mass is 16.5. The van der Waals surface area contributed by atoms with E-state index in [1.165, 1.54) is 0 Å². The van der Waals surface area contributed by atoms with Gasteiger partial charge >= 0.3 is 0 Å². The van der Waals surface area contributed by atoms with Crippen LogP contribution in [-0.4, -0.2) is 40.9 Å². The van der Waals surface area contributed by atoms with Gasteiger partial charge in [-0.3, -0.25) is 4.79 Å². The van der Waals surface area contributed by atoms with E-state index in [1.807, 2.05) is 33.2 Å². The second-order valence-corrected chi connectivity index (χ2v) is 6.26. The minimum atomic E-state index is -0.882. The molecule has 2 rings (SSSR count). The monoisotopic (exact) mass is 280 g/mol. The normalized spacial score (nSPS) is 23.6. The van der Waals surface area contributed by atoms with Crippen molar-refractivity contribution in [2.45, 2.75) is 32.3 Å². The molecule has 1 aromatic rings. The van der Waals surface area contributed by atoms with Crippen LogP contribution < -0.4 is 5.32 Å². The number of nitrogens with one attached hydrogen (secondary N) is 1. The van der Waals surface area contributed by atoms with Crippen LogP contribution >= 0.6 is 0 Å². The number of rotatable bonds is 4. The third-order valence-corrected chi connectivity index (χ3v) is 4.35. The molecule has 112 valence electrons. The minimum Gasteiger partial charge on any atom is -0.387 e. The first-order valence-corrected chi connectivity index (χ1v) is 7.05. The van der Waals surface area contributed by atoms with Crippen LogP contribution in [0.1, 0.15) is 37.2 Å². The summed E-state index contributed by atoms with van der Waals surface area (Å²) < 4.78 is 7.18. The standard InChI is InChI=1S/C15H24N2O3/c1-14(2,15(19)7-5-9-20-11-15)10-16-13(18)12-6-4-8-17(12)3/h4,6,8,19H,5,7,9-11H2,1-3H3,(H,16,18). The zero-order valence-corrected chi connectivity index (χ0v) is 12.5. The van der Waals surface area contributed by atoms with E-state index in [0.29, 0.717) is 31.9 Å². The Bertz CT molecular complexity index is 473. The van der Waals surface area contributed by atoms with Gasteiger partial charge in [0.25, 0.3) is 5.91 Å². The highest BCUT2D eigenvalue weighted by Gasteiger charge is 2.44. The predicted molar refractivity (Wildman–Crippen MR) is 76.5 cm³/mol. The topological polar surface area (TPSA) is 63.5 Å². The molecule has 0 bridgehead atoms. The molecule has 1 aliphatic rings. The smallest absolute Gasteiger partial charge is 0.267 e. The first-order chi connectivity index (χ1) is 9.36. The lowest BCUT2D eigenvalue weighted by molar-refractivity contribution is -0.148. The number of carbonyl (C=O) groups excluding carboxylic acids is 1. The maximum absolute atomic E-state index is 12.1. The summed E-state index contributed by atoms with van der Waals surface area (Å²) >= 11 is 0. The zero-order valence-electron chi connectivity index (χ0n) is 12.5. The van der Waals surface area contributed by atoms with Gasteiger partial charge in [0.2, 0.25) is 0 Å². The van der Waals surface area contributed by atoms with Crippen LogP contribution in [0.4, 0.5) is 0 Å². The number of ether oxygens (including phenoxy) is 1. The fourth-order valence-electron chi connectivity index (χ4n) is 2.57. The molecule has 0 spiro atoms. The second kappa shape index (κ2) is 5.58. The van der Waals surface area contributed by atoms with Crippen molar-refractivity contribution in [3.8, 4) is 0 Å². The van der Waals surface area contributed by atoms with E-state index in [1.54, 1.807) is 10.6 Å². The largest absolute Gasteiger partial charge is 0.387 e. The predicted octanol–water partition coefficient (Wildman–Crippen LogP) is 1.32. The van der Waals surface area contributed by atoms with Gasteiger partial charge in [-0.2, -0.15) is 0 Å². The van der Waals surface area contributed by atoms with Crippen molar-refractivity contribution >= 4 is 5.91 Å². The first-order valence-electron chi connectivity index (χ1n) is 7.05. The zero-order chi connectivity index (χ0) is 14.8. The molecule has 1 saturated heterocycles. The van der Waals surface area contributed by atoms with Crippen molar-refractivity contribution in [1.82, 2.24) is 9.88 Å². The summed E-state index contributed by atoms with van der Waals surface area (Å²) in [4.78, 5) is 12.1. The van der Waals surface area contributed by atoms with E-state index in [0.717, 1.165) is 6.42 Å². The Morgan fingerprint density at radius 2 is 2.35 bits per heavy atom. The Morgan fingerprint density at radius 3 is 2.90 bits per heavy atom. The Kier molecular flexibility index (Phi) is 4.20. The van der Waals surface area contributed by atoms with Crippen molar-refractivity contribution in [3.63, 3.8) is 0 Å². The van der Waals surface area contributed by atoms with E-state index >= 15 is 0 Å². The molecule has 0 radical (unpaired) electrons. The Hall–Kier alpha value is -1.33. The van der Waals surface area contributed by atoms with Gasteiger partial charge in [-0.05, 0) is 25.0 Å². The molecule has 0 saturated carbocycles. The number of aryl methyl sites for hydroxylation is 1. The Labute approximate surface area is 119 Å².